The van der Waals surface area contributed by atoms with E-state index in [9.17, 15) is 0 Å². The van der Waals surface area contributed by atoms with Gasteiger partial charge in [0, 0.05) is 0 Å². The van der Waals surface area contributed by atoms with Crippen LogP contribution in [0.1, 0.15) is 59.3 Å². The van der Waals surface area contributed by atoms with E-state index >= 15 is 0 Å². The normalized spacial score (nSPS) is 20.1. The smallest absolute Gasteiger partial charge is 0.0982 e. The van der Waals surface area contributed by atoms with Crippen LogP contribution in [0, 0.1) is 5.92 Å². The Morgan fingerprint density at radius 1 is 1.29 bits per heavy atom. The van der Waals surface area contributed by atoms with Crippen LogP contribution in [0.5, 0.6) is 0 Å². The molecule has 14 heavy (non-hydrogen) atoms. The van der Waals surface area contributed by atoms with Crippen LogP contribution in [-0.2, 0) is 4.74 Å². The molecule has 0 radical (unpaired) electrons. The van der Waals surface area contributed by atoms with Crippen molar-refractivity contribution in [3.8, 4) is 0 Å². The summed E-state index contributed by atoms with van der Waals surface area (Å²) in [6, 6.07) is 0. The Labute approximate surface area is 88.5 Å². The van der Waals surface area contributed by atoms with E-state index in [2.05, 4.69) is 26.8 Å². The molecule has 0 aromatic heterocycles. The first-order chi connectivity index (χ1) is 6.68. The van der Waals surface area contributed by atoms with Gasteiger partial charge in [-0.15, -0.1) is 0 Å². The van der Waals surface area contributed by atoms with E-state index < -0.39 is 0 Å². The minimum Gasteiger partial charge on any atom is -0.495 e. The Balaban J connectivity index is 2.24. The zero-order valence-corrected chi connectivity index (χ0v) is 9.88. The molecule has 0 aromatic rings. The second kappa shape index (κ2) is 6.10. The first-order valence-electron chi connectivity index (χ1n) is 6.02. The Morgan fingerprint density at radius 2 is 1.93 bits per heavy atom. The van der Waals surface area contributed by atoms with Crippen LogP contribution in [-0.4, -0.2) is 6.10 Å². The Kier molecular flexibility index (Phi) is 5.06. The van der Waals surface area contributed by atoms with Gasteiger partial charge in [-0.25, -0.2) is 0 Å². The lowest BCUT2D eigenvalue weighted by Gasteiger charge is -2.23. The molecular formula is C13H24O. The zero-order valence-electron chi connectivity index (χ0n) is 9.88. The minimum absolute atomic E-state index is 0.507. The van der Waals surface area contributed by atoms with Gasteiger partial charge >= 0.3 is 0 Å². The molecule has 1 saturated carbocycles. The molecule has 1 rings (SSSR count). The summed E-state index contributed by atoms with van der Waals surface area (Å²) in [5.41, 5.74) is 0. The zero-order chi connectivity index (χ0) is 10.4. The lowest BCUT2D eigenvalue weighted by Crippen LogP contribution is -2.15. The molecule has 0 heterocycles. The summed E-state index contributed by atoms with van der Waals surface area (Å²) in [4.78, 5) is 0. The van der Waals surface area contributed by atoms with Gasteiger partial charge in [0.2, 0.25) is 0 Å². The maximum absolute atomic E-state index is 5.90. The molecule has 1 heteroatoms. The van der Waals surface area contributed by atoms with E-state index in [1.54, 1.807) is 0 Å². The molecule has 1 fully saturated rings. The van der Waals surface area contributed by atoms with Crippen molar-refractivity contribution in [2.45, 2.75) is 65.4 Å². The fourth-order valence-electron chi connectivity index (χ4n) is 1.90. The molecule has 0 bridgehead atoms. The van der Waals surface area contributed by atoms with Crippen molar-refractivity contribution >= 4 is 0 Å². The third kappa shape index (κ3) is 4.69. The molecule has 1 aliphatic rings. The van der Waals surface area contributed by atoms with Crippen molar-refractivity contribution in [3.05, 3.63) is 11.8 Å². The van der Waals surface area contributed by atoms with Gasteiger partial charge in [-0.2, -0.15) is 0 Å². The van der Waals surface area contributed by atoms with Crippen LogP contribution in [0.3, 0.4) is 0 Å². The van der Waals surface area contributed by atoms with E-state index in [1.165, 1.54) is 32.1 Å². The van der Waals surface area contributed by atoms with Gasteiger partial charge < -0.3 is 4.74 Å². The monoisotopic (exact) mass is 196 g/mol. The fourth-order valence-corrected chi connectivity index (χ4v) is 1.90. The Morgan fingerprint density at radius 3 is 2.50 bits per heavy atom. The number of hydrogen-bond donors (Lipinski definition) is 0. The van der Waals surface area contributed by atoms with Gasteiger partial charge in [0.15, 0.2) is 0 Å². The molecule has 0 aliphatic heterocycles. The van der Waals surface area contributed by atoms with Gasteiger partial charge in [-0.1, -0.05) is 20.3 Å². The first-order valence-corrected chi connectivity index (χ1v) is 6.02. The molecule has 0 spiro atoms. The van der Waals surface area contributed by atoms with E-state index in [0.29, 0.717) is 6.10 Å². The highest BCUT2D eigenvalue weighted by Crippen LogP contribution is 2.22. The maximum atomic E-state index is 5.90. The lowest BCUT2D eigenvalue weighted by atomic mass is 9.98. The van der Waals surface area contributed by atoms with Crippen molar-refractivity contribution in [2.75, 3.05) is 0 Å². The van der Waals surface area contributed by atoms with Crippen molar-refractivity contribution in [1.29, 1.82) is 0 Å². The van der Waals surface area contributed by atoms with Crippen molar-refractivity contribution in [2.24, 2.45) is 5.92 Å². The number of hydrogen-bond acceptors (Lipinski definition) is 1. The predicted octanol–water partition coefficient (Wildman–Crippen LogP) is 4.29. The van der Waals surface area contributed by atoms with E-state index in [0.717, 1.165) is 18.1 Å². The van der Waals surface area contributed by atoms with Gasteiger partial charge in [0.1, 0.15) is 0 Å². The summed E-state index contributed by atoms with van der Waals surface area (Å²) in [5.74, 6) is 1.87. The molecule has 0 aromatic carbocycles. The lowest BCUT2D eigenvalue weighted by molar-refractivity contribution is 0.0828. The van der Waals surface area contributed by atoms with Crippen LogP contribution in [0.2, 0.25) is 0 Å². The SMILES string of the molecule is CC(=CCC(C)C)OC1CCCCC1. The summed E-state index contributed by atoms with van der Waals surface area (Å²) >= 11 is 0. The molecule has 82 valence electrons. The highest BCUT2D eigenvalue weighted by atomic mass is 16.5. The van der Waals surface area contributed by atoms with Gasteiger partial charge in [0.25, 0.3) is 0 Å². The second-order valence-electron chi connectivity index (χ2n) is 4.82. The van der Waals surface area contributed by atoms with Crippen molar-refractivity contribution in [3.63, 3.8) is 0 Å². The molecule has 0 amide bonds. The molecule has 0 unspecified atom stereocenters. The molecule has 0 atom stereocenters. The van der Waals surface area contributed by atoms with Crippen LogP contribution in [0.15, 0.2) is 11.8 Å². The third-order valence-electron chi connectivity index (χ3n) is 2.78. The summed E-state index contributed by atoms with van der Waals surface area (Å²) in [6.45, 7) is 6.58. The summed E-state index contributed by atoms with van der Waals surface area (Å²) < 4.78 is 5.90. The maximum Gasteiger partial charge on any atom is 0.0982 e. The summed E-state index contributed by atoms with van der Waals surface area (Å²) in [6.07, 6.45) is 10.5. The average Bonchev–Trinajstić information content (AvgIpc) is 2.16. The topological polar surface area (TPSA) is 9.23 Å². The second-order valence-corrected chi connectivity index (χ2v) is 4.82. The highest BCUT2D eigenvalue weighted by molar-refractivity contribution is 4.90. The number of rotatable bonds is 4. The van der Waals surface area contributed by atoms with Crippen LogP contribution in [0.25, 0.3) is 0 Å². The predicted molar refractivity (Wildman–Crippen MR) is 61.2 cm³/mol. The highest BCUT2D eigenvalue weighted by Gasteiger charge is 2.14. The van der Waals surface area contributed by atoms with E-state index in [-0.39, 0.29) is 0 Å². The third-order valence-corrected chi connectivity index (χ3v) is 2.78. The number of ether oxygens (including phenoxy) is 1. The fraction of sp³-hybridized carbons (Fsp3) is 0.846. The Bertz CT molecular complexity index is 176. The number of allylic oxidation sites excluding steroid dienone is 2. The standard InChI is InChI=1S/C13H24O/c1-11(2)9-10-12(3)14-13-7-5-4-6-8-13/h10-11,13H,4-9H2,1-3H3. The van der Waals surface area contributed by atoms with E-state index in [4.69, 9.17) is 4.74 Å². The molecule has 1 nitrogen and oxygen atoms in total. The largest absolute Gasteiger partial charge is 0.495 e. The molecule has 0 N–H and O–H groups in total. The van der Waals surface area contributed by atoms with E-state index in [1.807, 2.05) is 0 Å². The van der Waals surface area contributed by atoms with Gasteiger partial charge in [-0.05, 0) is 51.0 Å². The van der Waals surface area contributed by atoms with Crippen LogP contribution >= 0.6 is 0 Å². The quantitative estimate of drug-likeness (QED) is 0.610. The minimum atomic E-state index is 0.507. The van der Waals surface area contributed by atoms with Crippen molar-refractivity contribution in [1.82, 2.24) is 0 Å². The molecular weight excluding hydrogens is 172 g/mol. The van der Waals surface area contributed by atoms with Crippen LogP contribution < -0.4 is 0 Å². The first kappa shape index (κ1) is 11.6. The summed E-state index contributed by atoms with van der Waals surface area (Å²) in [5, 5.41) is 0. The van der Waals surface area contributed by atoms with Gasteiger partial charge in [0.05, 0.1) is 11.9 Å². The Hall–Kier alpha value is -0.460. The van der Waals surface area contributed by atoms with Gasteiger partial charge in [-0.3, -0.25) is 0 Å². The summed E-state index contributed by atoms with van der Waals surface area (Å²) in [7, 11) is 0. The molecule has 1 aliphatic carbocycles. The average molecular weight is 196 g/mol. The van der Waals surface area contributed by atoms with Crippen LogP contribution in [0.4, 0.5) is 0 Å². The molecule has 0 saturated heterocycles. The van der Waals surface area contributed by atoms with Crippen molar-refractivity contribution < 1.29 is 4.74 Å².